The van der Waals surface area contributed by atoms with Gasteiger partial charge in [-0.25, -0.2) is 8.42 Å². The first-order chi connectivity index (χ1) is 11.2. The molecular weight excluding hydrogens is 346 g/mol. The first kappa shape index (κ1) is 23.4. The molecule has 0 unspecified atom stereocenters. The molecule has 0 saturated heterocycles. The topological polar surface area (TPSA) is 57.2 Å². The van der Waals surface area contributed by atoms with E-state index in [0.717, 1.165) is 18.0 Å². The van der Waals surface area contributed by atoms with E-state index in [2.05, 4.69) is 20.9 Å². The SMILES string of the molecule is CCCC[N+](C)(CCCl)CCCC.Cc1ccc(S(=O)(=O)[O-])cc1. The normalized spacial score (nSPS) is 11.8. The number of nitrogens with zero attached hydrogens (tertiary/aromatic N) is 1. The lowest BCUT2D eigenvalue weighted by Gasteiger charge is -2.34. The lowest BCUT2D eigenvalue weighted by Crippen LogP contribution is -2.46. The van der Waals surface area contributed by atoms with Crippen molar-refractivity contribution >= 4 is 21.7 Å². The van der Waals surface area contributed by atoms with E-state index in [1.165, 1.54) is 55.4 Å². The molecule has 1 aromatic carbocycles. The molecule has 0 aromatic heterocycles. The van der Waals surface area contributed by atoms with Gasteiger partial charge in [-0.3, -0.25) is 0 Å². The van der Waals surface area contributed by atoms with Gasteiger partial charge in [0.15, 0.2) is 0 Å². The van der Waals surface area contributed by atoms with Crippen LogP contribution >= 0.6 is 11.6 Å². The molecule has 0 atom stereocenters. The van der Waals surface area contributed by atoms with Crippen LogP contribution in [-0.4, -0.2) is 50.0 Å². The Morgan fingerprint density at radius 1 is 1.00 bits per heavy atom. The van der Waals surface area contributed by atoms with Crippen molar-refractivity contribution in [1.82, 2.24) is 0 Å². The zero-order valence-corrected chi connectivity index (χ0v) is 17.0. The highest BCUT2D eigenvalue weighted by Crippen LogP contribution is 2.09. The Kier molecular flexibility index (Phi) is 11.5. The standard InChI is InChI=1S/C11H25ClN.C7H8O3S/c1-4-6-9-13(3,11-8-12)10-7-5-2;1-6-2-4-7(5-3-6)11(8,9)10/h4-11H2,1-3H3;2-5H,1H3,(H,8,9,10)/q+1;/p-1. The molecule has 0 N–H and O–H groups in total. The number of halogens is 1. The van der Waals surface area contributed by atoms with Crippen LogP contribution in [0.4, 0.5) is 0 Å². The smallest absolute Gasteiger partial charge is 0.124 e. The molecule has 0 saturated carbocycles. The number of aryl methyl sites for hydroxylation is 1. The molecule has 4 nitrogen and oxygen atoms in total. The molecule has 0 aliphatic carbocycles. The summed E-state index contributed by atoms with van der Waals surface area (Å²) in [6, 6.07) is 5.78. The van der Waals surface area contributed by atoms with E-state index in [1.807, 2.05) is 6.92 Å². The number of alkyl halides is 1. The van der Waals surface area contributed by atoms with Crippen LogP contribution in [0.15, 0.2) is 29.2 Å². The Hall–Kier alpha value is -0.620. The summed E-state index contributed by atoms with van der Waals surface area (Å²) in [5.74, 6) is 0.796. The average Bonchev–Trinajstić information content (AvgIpc) is 2.52. The summed E-state index contributed by atoms with van der Waals surface area (Å²) in [5, 5.41) is 0. The van der Waals surface area contributed by atoms with Crippen LogP contribution in [-0.2, 0) is 10.1 Å². The van der Waals surface area contributed by atoms with E-state index >= 15 is 0 Å². The van der Waals surface area contributed by atoms with Gasteiger partial charge in [0.1, 0.15) is 10.1 Å². The van der Waals surface area contributed by atoms with Crippen LogP contribution in [0, 0.1) is 6.92 Å². The van der Waals surface area contributed by atoms with Crippen molar-refractivity contribution in [3.8, 4) is 0 Å². The van der Waals surface area contributed by atoms with Gasteiger partial charge in [-0.05, 0) is 31.9 Å². The van der Waals surface area contributed by atoms with Crippen molar-refractivity contribution in [2.45, 2.75) is 51.3 Å². The van der Waals surface area contributed by atoms with Crippen molar-refractivity contribution < 1.29 is 17.5 Å². The minimum atomic E-state index is -4.27. The highest BCUT2D eigenvalue weighted by atomic mass is 35.5. The summed E-state index contributed by atoms with van der Waals surface area (Å²) in [7, 11) is -1.93. The largest absolute Gasteiger partial charge is 0.744 e. The minimum Gasteiger partial charge on any atom is -0.744 e. The van der Waals surface area contributed by atoms with Crippen LogP contribution in [0.5, 0.6) is 0 Å². The molecule has 0 heterocycles. The van der Waals surface area contributed by atoms with Crippen LogP contribution in [0.3, 0.4) is 0 Å². The lowest BCUT2D eigenvalue weighted by molar-refractivity contribution is -0.907. The molecule has 0 spiro atoms. The number of hydrogen-bond acceptors (Lipinski definition) is 3. The van der Waals surface area contributed by atoms with Gasteiger partial charge in [0.05, 0.1) is 37.5 Å². The minimum absolute atomic E-state index is 0.178. The third-order valence-corrected chi connectivity index (χ3v) is 5.06. The van der Waals surface area contributed by atoms with Gasteiger partial charge < -0.3 is 9.04 Å². The van der Waals surface area contributed by atoms with Gasteiger partial charge in [-0.15, -0.1) is 11.6 Å². The summed E-state index contributed by atoms with van der Waals surface area (Å²) >= 11 is 5.83. The van der Waals surface area contributed by atoms with E-state index in [4.69, 9.17) is 11.6 Å². The highest BCUT2D eigenvalue weighted by Gasteiger charge is 2.18. The fourth-order valence-corrected chi connectivity index (χ4v) is 3.20. The molecule has 140 valence electrons. The molecule has 0 aliphatic rings. The molecular formula is C18H32ClNO3S. The van der Waals surface area contributed by atoms with Crippen molar-refractivity contribution in [3.63, 3.8) is 0 Å². The molecule has 0 amide bonds. The number of hydrogen-bond donors (Lipinski definition) is 0. The molecule has 0 fully saturated rings. The maximum Gasteiger partial charge on any atom is 0.124 e. The average molecular weight is 378 g/mol. The van der Waals surface area contributed by atoms with Crippen molar-refractivity contribution in [3.05, 3.63) is 29.8 Å². The zero-order valence-electron chi connectivity index (χ0n) is 15.4. The monoisotopic (exact) mass is 377 g/mol. The molecule has 1 rings (SSSR count). The van der Waals surface area contributed by atoms with Gasteiger partial charge in [-0.1, -0.05) is 44.4 Å². The van der Waals surface area contributed by atoms with Crippen molar-refractivity contribution in [2.75, 3.05) is 32.6 Å². The Balaban J connectivity index is 0.000000446. The highest BCUT2D eigenvalue weighted by molar-refractivity contribution is 7.85. The van der Waals surface area contributed by atoms with Crippen molar-refractivity contribution in [2.24, 2.45) is 0 Å². The second-order valence-electron chi connectivity index (χ2n) is 6.45. The van der Waals surface area contributed by atoms with Gasteiger partial charge in [0.25, 0.3) is 0 Å². The third-order valence-electron chi connectivity index (χ3n) is 4.04. The summed E-state index contributed by atoms with van der Waals surface area (Å²) in [6.07, 6.45) is 5.25. The summed E-state index contributed by atoms with van der Waals surface area (Å²) in [6.45, 7) is 10.0. The van der Waals surface area contributed by atoms with Crippen LogP contribution in [0.25, 0.3) is 0 Å². The molecule has 0 bridgehead atoms. The van der Waals surface area contributed by atoms with Gasteiger partial charge in [0.2, 0.25) is 0 Å². The third kappa shape index (κ3) is 10.3. The van der Waals surface area contributed by atoms with Gasteiger partial charge >= 0.3 is 0 Å². The van der Waals surface area contributed by atoms with E-state index in [-0.39, 0.29) is 4.90 Å². The number of rotatable bonds is 9. The fourth-order valence-electron chi connectivity index (χ4n) is 2.32. The van der Waals surface area contributed by atoms with E-state index < -0.39 is 10.1 Å². The van der Waals surface area contributed by atoms with Crippen molar-refractivity contribution in [1.29, 1.82) is 0 Å². The maximum absolute atomic E-state index is 10.4. The molecule has 24 heavy (non-hydrogen) atoms. The molecule has 0 radical (unpaired) electrons. The van der Waals surface area contributed by atoms with Crippen LogP contribution in [0.2, 0.25) is 0 Å². The second-order valence-corrected chi connectivity index (χ2v) is 8.21. The molecule has 6 heteroatoms. The first-order valence-electron chi connectivity index (χ1n) is 8.60. The predicted molar refractivity (Wildman–Crippen MR) is 100 cm³/mol. The fraction of sp³-hybridized carbons (Fsp3) is 0.667. The first-order valence-corrected chi connectivity index (χ1v) is 10.5. The Labute approximate surface area is 153 Å². The summed E-state index contributed by atoms with van der Waals surface area (Å²) in [5.41, 5.74) is 0.928. The number of quaternary nitrogens is 1. The molecule has 1 aromatic rings. The maximum atomic E-state index is 10.4. The quantitative estimate of drug-likeness (QED) is 0.368. The number of benzene rings is 1. The van der Waals surface area contributed by atoms with Crippen LogP contribution in [0.1, 0.15) is 45.1 Å². The van der Waals surface area contributed by atoms with Crippen LogP contribution < -0.4 is 0 Å². The Bertz CT molecular complexity index is 536. The Morgan fingerprint density at radius 3 is 1.79 bits per heavy atom. The number of unbranched alkanes of at least 4 members (excludes halogenated alkanes) is 2. The molecule has 0 aliphatic heterocycles. The van der Waals surface area contributed by atoms with E-state index in [1.54, 1.807) is 12.1 Å². The van der Waals surface area contributed by atoms with E-state index in [9.17, 15) is 13.0 Å². The summed E-state index contributed by atoms with van der Waals surface area (Å²) < 4.78 is 32.3. The second kappa shape index (κ2) is 11.9. The zero-order chi connectivity index (χ0) is 18.6. The van der Waals surface area contributed by atoms with Gasteiger partial charge in [0, 0.05) is 0 Å². The Morgan fingerprint density at radius 2 is 1.46 bits per heavy atom. The predicted octanol–water partition coefficient (Wildman–Crippen LogP) is 4.17. The van der Waals surface area contributed by atoms with Gasteiger partial charge in [-0.2, -0.15) is 0 Å². The van der Waals surface area contributed by atoms with E-state index in [0.29, 0.717) is 0 Å². The summed E-state index contributed by atoms with van der Waals surface area (Å²) in [4.78, 5) is -0.178. The lowest BCUT2D eigenvalue weighted by atomic mass is 10.2.